The number of carbonyl (C=O) groups excluding carboxylic acids is 1. The Morgan fingerprint density at radius 2 is 1.92 bits per heavy atom. The van der Waals surface area contributed by atoms with Gasteiger partial charge in [0.15, 0.2) is 5.96 Å². The largest absolute Gasteiger partial charge is 0.357 e. The van der Waals surface area contributed by atoms with E-state index < -0.39 is 0 Å². The van der Waals surface area contributed by atoms with E-state index in [1.807, 2.05) is 0 Å². The minimum atomic E-state index is 0.333. The molecule has 0 aromatic rings. The maximum atomic E-state index is 12.3. The van der Waals surface area contributed by atoms with Crippen LogP contribution in [0.2, 0.25) is 0 Å². The molecule has 1 saturated carbocycles. The van der Waals surface area contributed by atoms with Gasteiger partial charge in [-0.3, -0.25) is 14.7 Å². The fraction of sp³-hybridized carbons (Fsp3) is 0.895. The lowest BCUT2D eigenvalue weighted by Crippen LogP contribution is -2.52. The van der Waals surface area contributed by atoms with Crippen LogP contribution in [0.4, 0.5) is 0 Å². The van der Waals surface area contributed by atoms with Crippen LogP contribution in [0, 0.1) is 5.92 Å². The number of thioether (sulfide) groups is 1. The summed E-state index contributed by atoms with van der Waals surface area (Å²) in [5, 5.41) is 7.52. The molecule has 0 radical (unpaired) electrons. The van der Waals surface area contributed by atoms with Gasteiger partial charge in [-0.2, -0.15) is 11.8 Å². The van der Waals surface area contributed by atoms with Crippen molar-refractivity contribution in [3.05, 3.63) is 0 Å². The molecule has 0 aromatic carbocycles. The van der Waals surface area contributed by atoms with Crippen LogP contribution in [-0.4, -0.2) is 85.0 Å². The summed E-state index contributed by atoms with van der Waals surface area (Å²) in [6.07, 6.45) is 6.09. The fourth-order valence-corrected chi connectivity index (χ4v) is 4.94. The van der Waals surface area contributed by atoms with Crippen molar-refractivity contribution in [3.8, 4) is 0 Å². The van der Waals surface area contributed by atoms with E-state index in [-0.39, 0.29) is 0 Å². The molecule has 0 spiro atoms. The van der Waals surface area contributed by atoms with E-state index in [1.54, 1.807) is 0 Å². The number of hydrogen-bond acceptors (Lipinski definition) is 4. The molecule has 1 amide bonds. The fourth-order valence-electron chi connectivity index (χ4n) is 3.76. The van der Waals surface area contributed by atoms with Gasteiger partial charge in [0.05, 0.1) is 6.54 Å². The summed E-state index contributed by atoms with van der Waals surface area (Å²) in [6.45, 7) is 9.60. The van der Waals surface area contributed by atoms with Gasteiger partial charge in [0.2, 0.25) is 5.91 Å². The third-order valence-corrected chi connectivity index (χ3v) is 7.06. The molecular formula is C19H35N5OS. The lowest BCUT2D eigenvalue weighted by molar-refractivity contribution is -0.139. The van der Waals surface area contributed by atoms with Crippen LogP contribution in [0.15, 0.2) is 4.99 Å². The number of guanidine groups is 1. The van der Waals surface area contributed by atoms with Crippen LogP contribution in [0.5, 0.6) is 0 Å². The van der Waals surface area contributed by atoms with Crippen molar-refractivity contribution in [3.63, 3.8) is 0 Å². The molecule has 2 aliphatic heterocycles. The molecule has 1 aliphatic carbocycles. The number of aliphatic imine (C=N–C) groups is 1. The average Bonchev–Trinajstić information content (AvgIpc) is 3.12. The highest BCUT2D eigenvalue weighted by Gasteiger charge is 2.31. The van der Waals surface area contributed by atoms with Crippen molar-refractivity contribution in [2.24, 2.45) is 10.9 Å². The van der Waals surface area contributed by atoms with Crippen LogP contribution in [-0.2, 0) is 4.79 Å². The third kappa shape index (κ3) is 5.78. The van der Waals surface area contributed by atoms with Crippen molar-refractivity contribution in [1.82, 2.24) is 20.4 Å². The standard InChI is InChI=1S/C19H35N5OS/c1-2-20-19(22-15-17-7-4-14-26-17)21-8-9-23-10-12-24(13-11-23)18(25)16-5-3-6-16/h16-17H,2-15H2,1H3,(H2,20,21,22). The Balaban J connectivity index is 1.32. The molecular weight excluding hydrogens is 346 g/mol. The molecule has 6 nitrogen and oxygen atoms in total. The second kappa shape index (κ2) is 10.4. The second-order valence-corrected chi connectivity index (χ2v) is 8.98. The summed E-state index contributed by atoms with van der Waals surface area (Å²) >= 11 is 2.06. The summed E-state index contributed by atoms with van der Waals surface area (Å²) in [5.74, 6) is 2.97. The Bertz CT molecular complexity index is 469. The first kappa shape index (κ1) is 19.8. The number of carbonyl (C=O) groups is 1. The zero-order valence-corrected chi connectivity index (χ0v) is 17.0. The molecule has 148 valence electrons. The monoisotopic (exact) mass is 381 g/mol. The van der Waals surface area contributed by atoms with Gasteiger partial charge in [0, 0.05) is 57.0 Å². The van der Waals surface area contributed by atoms with E-state index in [1.165, 1.54) is 25.0 Å². The Kier molecular flexibility index (Phi) is 7.92. The molecule has 26 heavy (non-hydrogen) atoms. The average molecular weight is 382 g/mol. The lowest BCUT2D eigenvalue weighted by atomic mass is 9.84. The molecule has 2 heterocycles. The van der Waals surface area contributed by atoms with Crippen molar-refractivity contribution in [2.45, 2.75) is 44.3 Å². The van der Waals surface area contributed by atoms with E-state index in [4.69, 9.17) is 4.99 Å². The normalized spacial score (nSPS) is 25.2. The second-order valence-electron chi connectivity index (χ2n) is 7.58. The first-order valence-electron chi connectivity index (χ1n) is 10.4. The first-order chi connectivity index (χ1) is 12.8. The number of piperazine rings is 1. The summed E-state index contributed by atoms with van der Waals surface area (Å²) in [4.78, 5) is 21.6. The highest BCUT2D eigenvalue weighted by atomic mass is 32.2. The zero-order valence-electron chi connectivity index (χ0n) is 16.2. The van der Waals surface area contributed by atoms with Crippen molar-refractivity contribution >= 4 is 23.6 Å². The maximum Gasteiger partial charge on any atom is 0.225 e. The van der Waals surface area contributed by atoms with E-state index in [2.05, 4.69) is 39.1 Å². The highest BCUT2D eigenvalue weighted by molar-refractivity contribution is 8.00. The van der Waals surface area contributed by atoms with Crippen LogP contribution < -0.4 is 10.6 Å². The maximum absolute atomic E-state index is 12.3. The Labute approximate surface area is 162 Å². The first-order valence-corrected chi connectivity index (χ1v) is 11.5. The van der Waals surface area contributed by atoms with E-state index >= 15 is 0 Å². The van der Waals surface area contributed by atoms with Crippen LogP contribution >= 0.6 is 11.8 Å². The molecule has 2 N–H and O–H groups in total. The summed E-state index contributed by atoms with van der Waals surface area (Å²) in [6, 6.07) is 0. The molecule has 3 rings (SSSR count). The molecule has 1 unspecified atom stereocenters. The lowest BCUT2D eigenvalue weighted by Gasteiger charge is -2.38. The smallest absolute Gasteiger partial charge is 0.225 e. The zero-order chi connectivity index (χ0) is 18.2. The van der Waals surface area contributed by atoms with Crippen molar-refractivity contribution in [2.75, 3.05) is 58.1 Å². The highest BCUT2D eigenvalue weighted by Crippen LogP contribution is 2.28. The number of rotatable bonds is 7. The summed E-state index contributed by atoms with van der Waals surface area (Å²) < 4.78 is 0. The van der Waals surface area contributed by atoms with Crippen molar-refractivity contribution < 1.29 is 4.79 Å². The molecule has 7 heteroatoms. The van der Waals surface area contributed by atoms with Gasteiger partial charge in [0.1, 0.15) is 0 Å². The Morgan fingerprint density at radius 3 is 2.54 bits per heavy atom. The number of nitrogens with zero attached hydrogens (tertiary/aromatic N) is 3. The van der Waals surface area contributed by atoms with Gasteiger partial charge in [-0.15, -0.1) is 0 Å². The molecule has 1 atom stereocenters. The topological polar surface area (TPSA) is 60.0 Å². The predicted octanol–water partition coefficient (Wildman–Crippen LogP) is 1.38. The number of nitrogens with one attached hydrogen (secondary N) is 2. The number of hydrogen-bond donors (Lipinski definition) is 2. The van der Waals surface area contributed by atoms with Gasteiger partial charge >= 0.3 is 0 Å². The Hall–Kier alpha value is -0.950. The van der Waals surface area contributed by atoms with Crippen LogP contribution in [0.25, 0.3) is 0 Å². The minimum Gasteiger partial charge on any atom is -0.357 e. The molecule has 2 saturated heterocycles. The van der Waals surface area contributed by atoms with Gasteiger partial charge < -0.3 is 15.5 Å². The summed E-state index contributed by atoms with van der Waals surface area (Å²) in [7, 11) is 0. The Morgan fingerprint density at radius 1 is 1.12 bits per heavy atom. The minimum absolute atomic E-state index is 0.333. The molecule has 3 fully saturated rings. The molecule has 3 aliphatic rings. The van der Waals surface area contributed by atoms with Crippen molar-refractivity contribution in [1.29, 1.82) is 0 Å². The van der Waals surface area contributed by atoms with Gasteiger partial charge in [-0.25, -0.2) is 0 Å². The van der Waals surface area contributed by atoms with Gasteiger partial charge in [0.25, 0.3) is 0 Å². The van der Waals surface area contributed by atoms with E-state index in [9.17, 15) is 4.79 Å². The van der Waals surface area contributed by atoms with Crippen LogP contribution in [0.1, 0.15) is 39.0 Å². The SMILES string of the molecule is CCNC(=NCC1CCCS1)NCCN1CCN(C(=O)C2CCC2)CC1. The predicted molar refractivity (Wildman–Crippen MR) is 110 cm³/mol. The number of amides is 1. The quantitative estimate of drug-likeness (QED) is 0.515. The summed E-state index contributed by atoms with van der Waals surface area (Å²) in [5.41, 5.74) is 0. The van der Waals surface area contributed by atoms with Gasteiger partial charge in [-0.05, 0) is 38.4 Å². The third-order valence-electron chi connectivity index (χ3n) is 5.68. The van der Waals surface area contributed by atoms with E-state index in [0.29, 0.717) is 17.1 Å². The van der Waals surface area contributed by atoms with E-state index in [0.717, 1.165) is 71.2 Å². The molecule has 0 bridgehead atoms. The van der Waals surface area contributed by atoms with Crippen LogP contribution in [0.3, 0.4) is 0 Å². The van der Waals surface area contributed by atoms with Gasteiger partial charge in [-0.1, -0.05) is 6.42 Å². The molecule has 0 aromatic heterocycles.